The molecule has 2 nitrogen and oxygen atoms in total. The Morgan fingerprint density at radius 3 is 2.89 bits per heavy atom. The van der Waals surface area contributed by atoms with E-state index in [1.54, 1.807) is 10.5 Å². The highest BCUT2D eigenvalue weighted by Gasteiger charge is 2.16. The van der Waals surface area contributed by atoms with E-state index >= 15 is 0 Å². The Labute approximate surface area is 59.9 Å². The monoisotopic (exact) mass is 144 g/mol. The van der Waals surface area contributed by atoms with Crippen LogP contribution in [-0.4, -0.2) is 22.8 Å². The van der Waals surface area contributed by atoms with Crippen LogP contribution in [0.1, 0.15) is 6.92 Å². The second kappa shape index (κ2) is 2.40. The molecule has 0 aliphatic carbocycles. The average molecular weight is 145 g/mol. The predicted molar refractivity (Wildman–Crippen MR) is 39.7 cm³/mol. The Balaban J connectivity index is 2.68. The van der Waals surface area contributed by atoms with Gasteiger partial charge in [0, 0.05) is 11.8 Å². The number of aliphatic imine (C=N–C) groups is 1. The molecule has 0 amide bonds. The van der Waals surface area contributed by atoms with Gasteiger partial charge in [0.05, 0.1) is 12.6 Å². The summed E-state index contributed by atoms with van der Waals surface area (Å²) in [4.78, 5) is 4.18. The molecule has 9 heavy (non-hydrogen) atoms. The lowest BCUT2D eigenvalue weighted by molar-refractivity contribution is 0.635. The fourth-order valence-corrected chi connectivity index (χ4v) is 1.12. The quantitative estimate of drug-likeness (QED) is 0.509. The van der Waals surface area contributed by atoms with Crippen LogP contribution in [0, 0.1) is 0 Å². The fourth-order valence-electron chi connectivity index (χ4n) is 0.807. The van der Waals surface area contributed by atoms with Gasteiger partial charge in [0.25, 0.3) is 0 Å². The lowest BCUT2D eigenvalue weighted by Gasteiger charge is -2.04. The standard InChI is InChI=1S/C6H9ClN2/c1-3-6-8-5(2)4-9(6)7/h3,5H,1,4H2,2H3. The zero-order chi connectivity index (χ0) is 6.85. The molecule has 1 aliphatic rings. The molecule has 1 aliphatic heterocycles. The first-order chi connectivity index (χ1) is 4.24. The third-order valence-corrected chi connectivity index (χ3v) is 1.52. The van der Waals surface area contributed by atoms with E-state index in [0.29, 0.717) is 6.04 Å². The smallest absolute Gasteiger partial charge is 0.137 e. The van der Waals surface area contributed by atoms with Crippen molar-refractivity contribution in [3.05, 3.63) is 12.7 Å². The third-order valence-electron chi connectivity index (χ3n) is 1.21. The molecule has 0 bridgehead atoms. The third kappa shape index (κ3) is 1.24. The van der Waals surface area contributed by atoms with Crippen molar-refractivity contribution < 1.29 is 0 Å². The van der Waals surface area contributed by atoms with Crippen molar-refractivity contribution in [1.82, 2.24) is 4.42 Å². The van der Waals surface area contributed by atoms with Crippen molar-refractivity contribution in [3.8, 4) is 0 Å². The van der Waals surface area contributed by atoms with Gasteiger partial charge in [-0.3, -0.25) is 9.41 Å². The van der Waals surface area contributed by atoms with E-state index in [2.05, 4.69) is 11.6 Å². The van der Waals surface area contributed by atoms with Gasteiger partial charge >= 0.3 is 0 Å². The molecule has 50 valence electrons. The van der Waals surface area contributed by atoms with E-state index < -0.39 is 0 Å². The van der Waals surface area contributed by atoms with Crippen LogP contribution in [0.2, 0.25) is 0 Å². The second-order valence-electron chi connectivity index (χ2n) is 2.09. The van der Waals surface area contributed by atoms with Crippen LogP contribution in [0.15, 0.2) is 17.6 Å². The Hall–Kier alpha value is -0.500. The first-order valence-electron chi connectivity index (χ1n) is 2.87. The fraction of sp³-hybridized carbons (Fsp3) is 0.500. The van der Waals surface area contributed by atoms with Crippen LogP contribution in [0.5, 0.6) is 0 Å². The van der Waals surface area contributed by atoms with Gasteiger partial charge in [0.2, 0.25) is 0 Å². The van der Waals surface area contributed by atoms with Crippen molar-refractivity contribution >= 4 is 17.6 Å². The summed E-state index contributed by atoms with van der Waals surface area (Å²) >= 11 is 5.70. The first kappa shape index (κ1) is 6.62. The highest BCUT2D eigenvalue weighted by atomic mass is 35.5. The minimum Gasteiger partial charge on any atom is -0.267 e. The summed E-state index contributed by atoms with van der Waals surface area (Å²) in [5.74, 6) is 0.782. The maximum Gasteiger partial charge on any atom is 0.137 e. The van der Waals surface area contributed by atoms with E-state index in [-0.39, 0.29) is 0 Å². The van der Waals surface area contributed by atoms with Crippen molar-refractivity contribution in [1.29, 1.82) is 0 Å². The molecule has 0 aromatic heterocycles. The Bertz CT molecular complexity index is 153. The molecule has 0 saturated heterocycles. The molecule has 1 unspecified atom stereocenters. The first-order valence-corrected chi connectivity index (χ1v) is 3.21. The van der Waals surface area contributed by atoms with Crippen LogP contribution < -0.4 is 0 Å². The number of hydrogen-bond donors (Lipinski definition) is 0. The van der Waals surface area contributed by atoms with Crippen LogP contribution in [-0.2, 0) is 0 Å². The molecule has 0 aromatic carbocycles. The van der Waals surface area contributed by atoms with Gasteiger partial charge in [-0.2, -0.15) is 0 Å². The van der Waals surface area contributed by atoms with Crippen LogP contribution in [0.25, 0.3) is 0 Å². The van der Waals surface area contributed by atoms with Gasteiger partial charge < -0.3 is 0 Å². The Kier molecular flexibility index (Phi) is 1.76. The minimum absolute atomic E-state index is 0.315. The largest absolute Gasteiger partial charge is 0.267 e. The molecule has 0 fully saturated rings. The average Bonchev–Trinajstić information content (AvgIpc) is 2.10. The Morgan fingerprint density at radius 2 is 2.67 bits per heavy atom. The van der Waals surface area contributed by atoms with Gasteiger partial charge in [0.1, 0.15) is 5.84 Å². The van der Waals surface area contributed by atoms with Gasteiger partial charge in [-0.1, -0.05) is 6.58 Å². The molecule has 3 heteroatoms. The molecule has 0 N–H and O–H groups in total. The van der Waals surface area contributed by atoms with E-state index in [9.17, 15) is 0 Å². The molecule has 1 heterocycles. The van der Waals surface area contributed by atoms with Crippen molar-refractivity contribution in [3.63, 3.8) is 0 Å². The van der Waals surface area contributed by atoms with Crippen molar-refractivity contribution in [2.24, 2.45) is 4.99 Å². The van der Waals surface area contributed by atoms with E-state index in [1.807, 2.05) is 6.92 Å². The summed E-state index contributed by atoms with van der Waals surface area (Å²) in [6, 6.07) is 0.315. The van der Waals surface area contributed by atoms with Gasteiger partial charge in [-0.25, -0.2) is 0 Å². The van der Waals surface area contributed by atoms with Crippen molar-refractivity contribution in [2.75, 3.05) is 6.54 Å². The van der Waals surface area contributed by atoms with E-state index in [0.717, 1.165) is 12.4 Å². The van der Waals surface area contributed by atoms with Gasteiger partial charge in [0.15, 0.2) is 0 Å². The predicted octanol–water partition coefficient (Wildman–Crippen LogP) is 1.43. The molecule has 0 radical (unpaired) electrons. The molecular weight excluding hydrogens is 136 g/mol. The van der Waals surface area contributed by atoms with E-state index in [4.69, 9.17) is 11.8 Å². The molecule has 0 saturated carbocycles. The van der Waals surface area contributed by atoms with Gasteiger partial charge in [-0.15, -0.1) is 0 Å². The number of amidine groups is 1. The maximum atomic E-state index is 5.70. The van der Waals surface area contributed by atoms with Crippen LogP contribution in [0.4, 0.5) is 0 Å². The molecule has 0 aromatic rings. The molecule has 1 rings (SSSR count). The normalized spacial score (nSPS) is 26.2. The highest BCUT2D eigenvalue weighted by molar-refractivity contribution is 6.24. The van der Waals surface area contributed by atoms with Crippen LogP contribution in [0.3, 0.4) is 0 Å². The lowest BCUT2D eigenvalue weighted by atomic mass is 10.4. The number of hydrogen-bond acceptors (Lipinski definition) is 2. The van der Waals surface area contributed by atoms with Crippen LogP contribution >= 0.6 is 11.8 Å². The summed E-state index contributed by atoms with van der Waals surface area (Å²) < 4.78 is 1.58. The zero-order valence-corrected chi connectivity index (χ0v) is 6.10. The summed E-state index contributed by atoms with van der Waals surface area (Å²) in [5, 5.41) is 0. The number of rotatable bonds is 1. The number of nitrogens with zero attached hydrogens (tertiary/aromatic N) is 2. The minimum atomic E-state index is 0.315. The molecule has 1 atom stereocenters. The summed E-state index contributed by atoms with van der Waals surface area (Å²) in [5.41, 5.74) is 0. The topological polar surface area (TPSA) is 15.6 Å². The summed E-state index contributed by atoms with van der Waals surface area (Å²) in [6.07, 6.45) is 1.66. The Morgan fingerprint density at radius 1 is 2.00 bits per heavy atom. The lowest BCUT2D eigenvalue weighted by Crippen LogP contribution is -2.16. The zero-order valence-electron chi connectivity index (χ0n) is 5.34. The molecular formula is C6H9ClN2. The highest BCUT2D eigenvalue weighted by Crippen LogP contribution is 2.10. The molecule has 0 spiro atoms. The summed E-state index contributed by atoms with van der Waals surface area (Å²) in [6.45, 7) is 6.38. The summed E-state index contributed by atoms with van der Waals surface area (Å²) in [7, 11) is 0. The van der Waals surface area contributed by atoms with Gasteiger partial charge in [-0.05, 0) is 13.0 Å². The number of halogens is 1. The van der Waals surface area contributed by atoms with E-state index in [1.165, 1.54) is 0 Å². The second-order valence-corrected chi connectivity index (χ2v) is 2.49. The van der Waals surface area contributed by atoms with Crippen molar-refractivity contribution in [2.45, 2.75) is 13.0 Å². The SMILES string of the molecule is C=CC1=NC(C)CN1Cl. The maximum absolute atomic E-state index is 5.70.